The number of aryl methyl sites for hydroxylation is 1. The van der Waals surface area contributed by atoms with Crippen molar-refractivity contribution in [2.75, 3.05) is 0 Å². The molecule has 0 saturated heterocycles. The fourth-order valence-corrected chi connectivity index (χ4v) is 1.06. The molecule has 0 aliphatic carbocycles. The van der Waals surface area contributed by atoms with Crippen molar-refractivity contribution in [1.82, 2.24) is 0 Å². The van der Waals surface area contributed by atoms with Crippen LogP contribution in [-0.4, -0.2) is 12.2 Å². The smallest absolute Gasteiger partial charge is 0.298 e. The van der Waals surface area contributed by atoms with E-state index in [1.165, 1.54) is 12.1 Å². The van der Waals surface area contributed by atoms with Crippen molar-refractivity contribution in [3.63, 3.8) is 0 Å². The quantitative estimate of drug-likeness (QED) is 0.510. The predicted molar refractivity (Wildman–Crippen MR) is 46.7 cm³/mol. The molecule has 1 rings (SSSR count). The SMILES string of the molecule is Cc1cc(C=O)cc(C(=O)N=O)c1. The van der Waals surface area contributed by atoms with Gasteiger partial charge in [-0.2, -0.15) is 0 Å². The first-order chi connectivity index (χ1) is 6.17. The number of benzene rings is 1. The Labute approximate surface area is 74.5 Å². The van der Waals surface area contributed by atoms with E-state index in [-0.39, 0.29) is 5.56 Å². The molecule has 0 atom stereocenters. The minimum Gasteiger partial charge on any atom is -0.298 e. The van der Waals surface area contributed by atoms with Crippen LogP contribution in [0.3, 0.4) is 0 Å². The lowest BCUT2D eigenvalue weighted by molar-refractivity contribution is 0.100. The van der Waals surface area contributed by atoms with Gasteiger partial charge in [0.1, 0.15) is 6.29 Å². The van der Waals surface area contributed by atoms with Crippen LogP contribution >= 0.6 is 0 Å². The van der Waals surface area contributed by atoms with Crippen molar-refractivity contribution >= 4 is 12.2 Å². The Hall–Kier alpha value is -1.84. The lowest BCUT2D eigenvalue weighted by Gasteiger charge is -1.97. The molecule has 66 valence electrons. The molecular weight excluding hydrogens is 170 g/mol. The van der Waals surface area contributed by atoms with Gasteiger partial charge in [-0.15, -0.1) is 4.91 Å². The zero-order chi connectivity index (χ0) is 9.84. The summed E-state index contributed by atoms with van der Waals surface area (Å²) >= 11 is 0. The van der Waals surface area contributed by atoms with Crippen molar-refractivity contribution in [2.24, 2.45) is 5.18 Å². The van der Waals surface area contributed by atoms with E-state index in [9.17, 15) is 14.5 Å². The number of hydrogen-bond donors (Lipinski definition) is 0. The minimum atomic E-state index is -0.855. The predicted octanol–water partition coefficient (Wildman–Crippen LogP) is 1.71. The van der Waals surface area contributed by atoms with Crippen molar-refractivity contribution in [2.45, 2.75) is 6.92 Å². The largest absolute Gasteiger partial charge is 0.316 e. The van der Waals surface area contributed by atoms with Crippen LogP contribution in [0.5, 0.6) is 0 Å². The lowest BCUT2D eigenvalue weighted by atomic mass is 10.1. The highest BCUT2D eigenvalue weighted by molar-refractivity contribution is 5.96. The third kappa shape index (κ3) is 2.05. The molecule has 0 aromatic heterocycles. The summed E-state index contributed by atoms with van der Waals surface area (Å²) < 4.78 is 0. The van der Waals surface area contributed by atoms with Crippen LogP contribution in [0.25, 0.3) is 0 Å². The molecule has 0 aliphatic rings. The maximum atomic E-state index is 10.8. The highest BCUT2D eigenvalue weighted by Crippen LogP contribution is 2.09. The first-order valence-corrected chi connectivity index (χ1v) is 3.62. The van der Waals surface area contributed by atoms with E-state index in [2.05, 4.69) is 5.18 Å². The van der Waals surface area contributed by atoms with E-state index in [0.29, 0.717) is 11.8 Å². The van der Waals surface area contributed by atoms with Crippen LogP contribution in [0.2, 0.25) is 0 Å². The Morgan fingerprint density at radius 3 is 2.62 bits per heavy atom. The normalized spacial score (nSPS) is 9.31. The second-order valence-electron chi connectivity index (χ2n) is 2.65. The molecule has 0 saturated carbocycles. The van der Waals surface area contributed by atoms with Crippen LogP contribution in [0.4, 0.5) is 0 Å². The molecule has 0 N–H and O–H groups in total. The number of carbonyl (C=O) groups is 2. The molecule has 4 nitrogen and oxygen atoms in total. The standard InChI is InChI=1S/C9H7NO3/c1-6-2-7(5-11)4-8(3-6)9(12)10-13/h2-5H,1H3. The molecule has 0 fully saturated rings. The van der Waals surface area contributed by atoms with Crippen LogP contribution in [0, 0.1) is 11.8 Å². The summed E-state index contributed by atoms with van der Waals surface area (Å²) in [6.45, 7) is 1.73. The summed E-state index contributed by atoms with van der Waals surface area (Å²) in [5.74, 6) is -0.855. The van der Waals surface area contributed by atoms with Gasteiger partial charge in [0.25, 0.3) is 0 Å². The summed E-state index contributed by atoms with van der Waals surface area (Å²) in [5, 5.41) is 2.27. The fourth-order valence-electron chi connectivity index (χ4n) is 1.06. The van der Waals surface area contributed by atoms with E-state index >= 15 is 0 Å². The summed E-state index contributed by atoms with van der Waals surface area (Å²) in [5.41, 5.74) is 1.26. The zero-order valence-electron chi connectivity index (χ0n) is 6.98. The molecule has 1 aromatic rings. The van der Waals surface area contributed by atoms with Crippen LogP contribution < -0.4 is 0 Å². The highest BCUT2D eigenvalue weighted by atomic mass is 16.3. The van der Waals surface area contributed by atoms with Crippen molar-refractivity contribution in [3.05, 3.63) is 39.8 Å². The summed E-state index contributed by atoms with van der Waals surface area (Å²) in [7, 11) is 0. The zero-order valence-corrected chi connectivity index (χ0v) is 6.98. The lowest BCUT2D eigenvalue weighted by Crippen LogP contribution is -1.96. The number of amides is 1. The van der Waals surface area contributed by atoms with Crippen LogP contribution in [0.15, 0.2) is 23.4 Å². The third-order valence-electron chi connectivity index (χ3n) is 1.57. The highest BCUT2D eigenvalue weighted by Gasteiger charge is 2.06. The second kappa shape index (κ2) is 3.71. The van der Waals surface area contributed by atoms with E-state index in [1.54, 1.807) is 13.0 Å². The van der Waals surface area contributed by atoms with Gasteiger partial charge in [-0.05, 0) is 30.7 Å². The minimum absolute atomic E-state index is 0.150. The Bertz CT molecular complexity index is 371. The van der Waals surface area contributed by atoms with Crippen molar-refractivity contribution in [3.8, 4) is 0 Å². The molecule has 0 radical (unpaired) electrons. The van der Waals surface area contributed by atoms with Gasteiger partial charge in [-0.1, -0.05) is 0 Å². The fraction of sp³-hybridized carbons (Fsp3) is 0.111. The van der Waals surface area contributed by atoms with Crippen LogP contribution in [0.1, 0.15) is 26.3 Å². The average molecular weight is 177 g/mol. The van der Waals surface area contributed by atoms with Gasteiger partial charge in [-0.3, -0.25) is 9.59 Å². The molecule has 4 heteroatoms. The summed E-state index contributed by atoms with van der Waals surface area (Å²) in [6.07, 6.45) is 0.620. The van der Waals surface area contributed by atoms with Gasteiger partial charge < -0.3 is 0 Å². The third-order valence-corrected chi connectivity index (χ3v) is 1.57. The molecule has 0 aliphatic heterocycles. The van der Waals surface area contributed by atoms with Crippen molar-refractivity contribution < 1.29 is 9.59 Å². The van der Waals surface area contributed by atoms with E-state index < -0.39 is 5.91 Å². The number of carbonyl (C=O) groups excluding carboxylic acids is 2. The number of nitrogens with zero attached hydrogens (tertiary/aromatic N) is 1. The molecule has 0 heterocycles. The monoisotopic (exact) mass is 177 g/mol. The molecule has 1 aromatic carbocycles. The first kappa shape index (κ1) is 9.25. The Balaban J connectivity index is 3.22. The number of nitroso groups, excluding NO2 is 1. The molecule has 0 spiro atoms. The van der Waals surface area contributed by atoms with E-state index in [0.717, 1.165) is 5.56 Å². The van der Waals surface area contributed by atoms with Crippen molar-refractivity contribution in [1.29, 1.82) is 0 Å². The van der Waals surface area contributed by atoms with Gasteiger partial charge >= 0.3 is 5.91 Å². The maximum Gasteiger partial charge on any atom is 0.316 e. The van der Waals surface area contributed by atoms with Gasteiger partial charge in [0.15, 0.2) is 0 Å². The molecule has 0 unspecified atom stereocenters. The van der Waals surface area contributed by atoms with E-state index in [1.807, 2.05) is 0 Å². The van der Waals surface area contributed by atoms with E-state index in [4.69, 9.17) is 0 Å². The summed E-state index contributed by atoms with van der Waals surface area (Å²) in [4.78, 5) is 31.2. The van der Waals surface area contributed by atoms with Gasteiger partial charge in [-0.25, -0.2) is 0 Å². The Kier molecular flexibility index (Phi) is 2.64. The van der Waals surface area contributed by atoms with Crippen LogP contribution in [-0.2, 0) is 0 Å². The average Bonchev–Trinajstić information content (AvgIpc) is 2.15. The summed E-state index contributed by atoms with van der Waals surface area (Å²) in [6, 6.07) is 4.47. The number of rotatable bonds is 2. The van der Waals surface area contributed by atoms with Gasteiger partial charge in [0.05, 0.1) is 0 Å². The topological polar surface area (TPSA) is 63.6 Å². The molecule has 1 amide bonds. The number of hydrogen-bond acceptors (Lipinski definition) is 3. The number of aldehydes is 1. The maximum absolute atomic E-state index is 10.8. The second-order valence-corrected chi connectivity index (χ2v) is 2.65. The Morgan fingerprint density at radius 2 is 2.08 bits per heavy atom. The Morgan fingerprint density at radius 1 is 1.38 bits per heavy atom. The molecular formula is C9H7NO3. The van der Waals surface area contributed by atoms with Gasteiger partial charge in [0, 0.05) is 16.3 Å². The molecule has 0 bridgehead atoms. The first-order valence-electron chi connectivity index (χ1n) is 3.62. The van der Waals surface area contributed by atoms with Gasteiger partial charge in [0.2, 0.25) is 0 Å². The molecule has 13 heavy (non-hydrogen) atoms.